The van der Waals surface area contributed by atoms with Gasteiger partial charge < -0.3 is 45.3 Å². The van der Waals surface area contributed by atoms with Crippen molar-refractivity contribution in [1.82, 2.24) is 14.7 Å². The van der Waals surface area contributed by atoms with Crippen molar-refractivity contribution >= 4 is 35.1 Å². The number of carbonyl (C=O) groups is 6. The summed E-state index contributed by atoms with van der Waals surface area (Å²) in [4.78, 5) is 69.2. The molecule has 15 nitrogen and oxygen atoms in total. The number of aliphatic hydroxyl groups is 6. The van der Waals surface area contributed by atoms with Gasteiger partial charge in [-0.2, -0.15) is 0 Å². The number of nitrogens with zero attached hydrogens (tertiary/aromatic N) is 3. The van der Waals surface area contributed by atoms with Crippen LogP contribution in [0.4, 0.5) is 0 Å². The Morgan fingerprint density at radius 3 is 0.650 bits per heavy atom. The number of aliphatic hydroxyl groups excluding tert-OH is 6. The van der Waals surface area contributed by atoms with Crippen molar-refractivity contribution in [2.24, 2.45) is 0 Å². The topological polar surface area (TPSA) is 234 Å². The Hall–Kier alpha value is -2.30. The summed E-state index contributed by atoms with van der Waals surface area (Å²) in [6.45, 7) is 3.96. The monoisotopic (exact) mass is 623 g/mol. The number of carbonyl (C=O) groups excluding carboxylic acids is 6. The molecule has 0 aliphatic rings. The van der Waals surface area contributed by atoms with Crippen molar-refractivity contribution < 1.29 is 76.5 Å². The third kappa shape index (κ3) is 27.3. The van der Waals surface area contributed by atoms with Crippen LogP contribution in [0.15, 0.2) is 0 Å². The molecule has 0 saturated carbocycles. The van der Waals surface area contributed by atoms with Crippen LogP contribution in [0.5, 0.6) is 0 Å². The van der Waals surface area contributed by atoms with Crippen molar-refractivity contribution in [1.29, 1.82) is 0 Å². The zero-order chi connectivity index (χ0) is 30.8. The Morgan fingerprint density at radius 1 is 0.400 bits per heavy atom. The maximum Gasteiger partial charge on any atom is 0.230 e. The summed E-state index contributed by atoms with van der Waals surface area (Å²) in [5.41, 5.74) is 0. The minimum absolute atomic E-state index is 0. The normalized spacial score (nSPS) is 9.53. The summed E-state index contributed by atoms with van der Waals surface area (Å²) in [6, 6.07) is 0. The molecule has 0 atom stereocenters. The van der Waals surface area contributed by atoms with E-state index in [-0.39, 0.29) is 150 Å². The summed E-state index contributed by atoms with van der Waals surface area (Å²) >= 11 is 0. The van der Waals surface area contributed by atoms with E-state index in [1.165, 1.54) is 35.5 Å². The largest absolute Gasteiger partial charge is 0.395 e. The molecule has 3 amide bonds. The predicted molar refractivity (Wildman–Crippen MR) is 138 cm³/mol. The van der Waals surface area contributed by atoms with Gasteiger partial charge in [-0.25, -0.2) is 0 Å². The van der Waals surface area contributed by atoms with Crippen molar-refractivity contribution in [3.63, 3.8) is 0 Å². The average molecular weight is 623 g/mol. The number of hydrogen-bond acceptors (Lipinski definition) is 12. The Balaban J connectivity index is -0.000000240. The fourth-order valence-corrected chi connectivity index (χ4v) is 2.78. The molecule has 0 saturated heterocycles. The molecule has 0 unspecified atom stereocenters. The molecular formula is C24H45FeN3O12. The van der Waals surface area contributed by atoms with Crippen LogP contribution in [0, 0.1) is 0 Å². The van der Waals surface area contributed by atoms with Crippen molar-refractivity contribution in [3.05, 3.63) is 0 Å². The van der Waals surface area contributed by atoms with Gasteiger partial charge in [0.2, 0.25) is 17.7 Å². The maximum absolute atomic E-state index is 11.2. The van der Waals surface area contributed by atoms with E-state index in [1.54, 1.807) is 0 Å². The zero-order valence-corrected chi connectivity index (χ0v) is 24.5. The molecule has 0 radical (unpaired) electrons. The second kappa shape index (κ2) is 29.7. The summed E-state index contributed by atoms with van der Waals surface area (Å²) in [6.07, 6.45) is -0.500. The molecule has 0 aromatic rings. The molecule has 0 aliphatic heterocycles. The van der Waals surface area contributed by atoms with Gasteiger partial charge in [-0.1, -0.05) is 0 Å². The first-order valence-corrected chi connectivity index (χ1v) is 12.3. The van der Waals surface area contributed by atoms with Crippen LogP contribution in [0.2, 0.25) is 0 Å². The fourth-order valence-electron chi connectivity index (χ4n) is 2.78. The first kappa shape index (κ1) is 44.7. The fraction of sp³-hybridized carbons (Fsp3) is 0.750. The second-order valence-electron chi connectivity index (χ2n) is 8.12. The van der Waals surface area contributed by atoms with E-state index in [9.17, 15) is 28.8 Å². The van der Waals surface area contributed by atoms with Crippen molar-refractivity contribution in [3.8, 4) is 0 Å². The van der Waals surface area contributed by atoms with Gasteiger partial charge >= 0.3 is 0 Å². The van der Waals surface area contributed by atoms with E-state index >= 15 is 0 Å². The second-order valence-corrected chi connectivity index (χ2v) is 8.12. The predicted octanol–water partition coefficient (Wildman–Crippen LogP) is -3.67. The molecule has 236 valence electrons. The summed E-state index contributed by atoms with van der Waals surface area (Å²) in [7, 11) is 0. The minimum atomic E-state index is -0.351. The van der Waals surface area contributed by atoms with Crippen LogP contribution >= 0.6 is 0 Å². The minimum Gasteiger partial charge on any atom is -0.395 e. The third-order valence-electron chi connectivity index (χ3n) is 4.48. The molecule has 16 heteroatoms. The number of amides is 3. The quantitative estimate of drug-likeness (QED) is 0.0641. The van der Waals surface area contributed by atoms with E-state index < -0.39 is 0 Å². The molecule has 0 aromatic carbocycles. The van der Waals surface area contributed by atoms with Gasteiger partial charge in [-0.15, -0.1) is 0 Å². The summed E-state index contributed by atoms with van der Waals surface area (Å²) in [5.74, 6) is -1.70. The Bertz CT molecular complexity index is 627. The van der Waals surface area contributed by atoms with Crippen LogP contribution in [-0.2, 0) is 45.8 Å². The standard InChI is InChI=1S/3C8H15NO4.Fe/c3*1-7(12)6-8(13)9(2-4-10)3-5-11;/h3*10-11H,2-6H2,1H3;. The number of ketones is 3. The van der Waals surface area contributed by atoms with Crippen LogP contribution in [0.25, 0.3) is 0 Å². The number of hydrogen-bond donors (Lipinski definition) is 6. The van der Waals surface area contributed by atoms with Gasteiger partial charge in [0.05, 0.1) is 58.9 Å². The molecule has 0 rings (SSSR count). The van der Waals surface area contributed by atoms with E-state index in [4.69, 9.17) is 30.6 Å². The van der Waals surface area contributed by atoms with E-state index in [2.05, 4.69) is 0 Å². The molecule has 0 bridgehead atoms. The first-order valence-electron chi connectivity index (χ1n) is 12.3. The summed E-state index contributed by atoms with van der Waals surface area (Å²) < 4.78 is 0. The van der Waals surface area contributed by atoms with Gasteiger partial charge in [0.15, 0.2) is 0 Å². The number of Topliss-reactive ketones (excluding diaryl/α,β-unsaturated/α-hetero) is 3. The van der Waals surface area contributed by atoms with Crippen LogP contribution in [0.1, 0.15) is 40.0 Å². The molecule has 0 aromatic heterocycles. The average Bonchev–Trinajstić information content (AvgIpc) is 2.83. The van der Waals surface area contributed by atoms with Gasteiger partial charge in [0.25, 0.3) is 0 Å². The number of rotatable bonds is 18. The van der Waals surface area contributed by atoms with Gasteiger partial charge in [-0.05, 0) is 20.8 Å². The van der Waals surface area contributed by atoms with Gasteiger partial charge in [-0.3, -0.25) is 28.8 Å². The molecule has 40 heavy (non-hydrogen) atoms. The molecular weight excluding hydrogens is 578 g/mol. The molecule has 0 heterocycles. The van der Waals surface area contributed by atoms with E-state index in [1.807, 2.05) is 0 Å². The van der Waals surface area contributed by atoms with Crippen LogP contribution in [-0.4, -0.2) is 159 Å². The van der Waals surface area contributed by atoms with E-state index in [0.717, 1.165) is 0 Å². The van der Waals surface area contributed by atoms with Crippen LogP contribution in [0.3, 0.4) is 0 Å². The third-order valence-corrected chi connectivity index (χ3v) is 4.48. The van der Waals surface area contributed by atoms with Gasteiger partial charge in [0, 0.05) is 56.3 Å². The molecule has 6 N–H and O–H groups in total. The van der Waals surface area contributed by atoms with Crippen LogP contribution < -0.4 is 0 Å². The maximum atomic E-state index is 11.2. The van der Waals surface area contributed by atoms with E-state index in [0.29, 0.717) is 0 Å². The Labute approximate surface area is 245 Å². The summed E-state index contributed by atoms with van der Waals surface area (Å²) in [5, 5.41) is 51.5. The molecule has 0 aliphatic carbocycles. The SMILES string of the molecule is CC(=O)CC(=O)N(CCO)CCO.CC(=O)CC(=O)N(CCO)CCO.CC(=O)CC(=O)N(CCO)CCO.[Fe]. The first-order chi connectivity index (χ1) is 18.3. The Kier molecular flexibility index (Phi) is 33.2. The van der Waals surface area contributed by atoms with Gasteiger partial charge in [0.1, 0.15) is 17.3 Å². The molecule has 0 fully saturated rings. The van der Waals surface area contributed by atoms with Crippen molar-refractivity contribution in [2.75, 3.05) is 78.9 Å². The Morgan fingerprint density at radius 2 is 0.550 bits per heavy atom. The van der Waals surface area contributed by atoms with Crippen molar-refractivity contribution in [2.45, 2.75) is 40.0 Å². The molecule has 0 spiro atoms. The smallest absolute Gasteiger partial charge is 0.230 e. The zero-order valence-electron chi connectivity index (χ0n) is 23.4.